The van der Waals surface area contributed by atoms with E-state index in [1.165, 1.54) is 18.9 Å². The Bertz CT molecular complexity index is 1150. The van der Waals surface area contributed by atoms with Crippen LogP contribution in [0, 0.1) is 0 Å². The molecular weight excluding hydrogens is 370 g/mol. The summed E-state index contributed by atoms with van der Waals surface area (Å²) in [5, 5.41) is 8.49. The Kier molecular flexibility index (Phi) is 5.21. The fourth-order valence-corrected chi connectivity index (χ4v) is 3.79. The third-order valence-corrected chi connectivity index (χ3v) is 5.25. The first-order valence-corrected chi connectivity index (χ1v) is 9.49. The van der Waals surface area contributed by atoms with Crippen LogP contribution >= 0.6 is 11.8 Å². The van der Waals surface area contributed by atoms with Crippen molar-refractivity contribution in [2.24, 2.45) is 0 Å². The lowest BCUT2D eigenvalue weighted by molar-refractivity contribution is 0.0597. The van der Waals surface area contributed by atoms with Gasteiger partial charge in [-0.15, -0.1) is 0 Å². The van der Waals surface area contributed by atoms with Crippen LogP contribution in [0.15, 0.2) is 76.7 Å². The maximum Gasteiger partial charge on any atom is 0.339 e. The summed E-state index contributed by atoms with van der Waals surface area (Å²) in [6.07, 6.45) is 5.64. The van der Waals surface area contributed by atoms with E-state index in [0.29, 0.717) is 5.56 Å². The second kappa shape index (κ2) is 8.10. The molecule has 0 aliphatic carbocycles. The highest BCUT2D eigenvalue weighted by Gasteiger charge is 2.13. The molecule has 4 aromatic rings. The van der Waals surface area contributed by atoms with Crippen LogP contribution in [0.25, 0.3) is 23.1 Å². The quantitative estimate of drug-likeness (QED) is 0.485. The van der Waals surface area contributed by atoms with E-state index in [1.54, 1.807) is 12.3 Å². The lowest BCUT2D eigenvalue weighted by Crippen LogP contribution is -2.02. The van der Waals surface area contributed by atoms with Gasteiger partial charge < -0.3 is 4.74 Å². The molecule has 0 unspecified atom stereocenters. The van der Waals surface area contributed by atoms with Crippen LogP contribution in [-0.2, 0) is 4.74 Å². The minimum Gasteiger partial charge on any atom is -0.465 e. The van der Waals surface area contributed by atoms with Crippen LogP contribution in [0.3, 0.4) is 0 Å². The third-order valence-electron chi connectivity index (χ3n) is 4.18. The van der Waals surface area contributed by atoms with Crippen molar-refractivity contribution in [3.63, 3.8) is 0 Å². The van der Waals surface area contributed by atoms with Gasteiger partial charge in [-0.3, -0.25) is 10.1 Å². The van der Waals surface area contributed by atoms with Gasteiger partial charge in [-0.1, -0.05) is 30.0 Å². The maximum atomic E-state index is 12.0. The Morgan fingerprint density at radius 1 is 1.07 bits per heavy atom. The molecule has 0 bridgehead atoms. The standard InChI is InChI=1S/C22H17N3O2S/c1-27-22(26)18-7-2-3-8-21(18)28-16-10-11-17-19(24-25-20(17)14-16)12-9-15-6-4-5-13-23-15/h2-14H,1H3,(H,24,25). The molecule has 6 heteroatoms. The number of nitrogens with one attached hydrogen (secondary N) is 1. The summed E-state index contributed by atoms with van der Waals surface area (Å²) in [5.74, 6) is -0.340. The number of aromatic amines is 1. The van der Waals surface area contributed by atoms with Crippen LogP contribution < -0.4 is 0 Å². The molecule has 0 atom stereocenters. The number of pyridine rings is 1. The van der Waals surface area contributed by atoms with Gasteiger partial charge in [0.1, 0.15) is 0 Å². The number of nitrogens with zero attached hydrogens (tertiary/aromatic N) is 2. The molecule has 0 aliphatic rings. The number of rotatable bonds is 5. The number of hydrogen-bond donors (Lipinski definition) is 1. The number of ether oxygens (including phenoxy) is 1. The largest absolute Gasteiger partial charge is 0.465 e. The van der Waals surface area contributed by atoms with Crippen molar-refractivity contribution in [1.82, 2.24) is 15.2 Å². The normalized spacial score (nSPS) is 11.2. The number of esters is 1. The molecule has 4 rings (SSSR count). The third kappa shape index (κ3) is 3.82. The van der Waals surface area contributed by atoms with Gasteiger partial charge in [-0.25, -0.2) is 4.79 Å². The molecular formula is C22H17N3O2S. The number of methoxy groups -OCH3 is 1. The van der Waals surface area contributed by atoms with Gasteiger partial charge in [0, 0.05) is 21.4 Å². The summed E-state index contributed by atoms with van der Waals surface area (Å²) >= 11 is 1.52. The minimum absolute atomic E-state index is 0.340. The summed E-state index contributed by atoms with van der Waals surface area (Å²) in [7, 11) is 1.39. The Morgan fingerprint density at radius 2 is 1.93 bits per heavy atom. The van der Waals surface area contributed by atoms with E-state index in [0.717, 1.165) is 32.1 Å². The van der Waals surface area contributed by atoms with Crippen molar-refractivity contribution in [2.45, 2.75) is 9.79 Å². The molecule has 0 radical (unpaired) electrons. The summed E-state index contributed by atoms with van der Waals surface area (Å²) in [6.45, 7) is 0. The second-order valence-electron chi connectivity index (χ2n) is 5.99. The van der Waals surface area contributed by atoms with Gasteiger partial charge in [0.05, 0.1) is 29.6 Å². The number of hydrogen-bond acceptors (Lipinski definition) is 5. The summed E-state index contributed by atoms with van der Waals surface area (Å²) < 4.78 is 4.87. The van der Waals surface area contributed by atoms with E-state index in [1.807, 2.05) is 66.7 Å². The molecule has 138 valence electrons. The van der Waals surface area contributed by atoms with Crippen LogP contribution in [0.2, 0.25) is 0 Å². The monoisotopic (exact) mass is 387 g/mol. The molecule has 0 saturated heterocycles. The molecule has 0 aliphatic heterocycles. The van der Waals surface area contributed by atoms with Crippen molar-refractivity contribution in [1.29, 1.82) is 0 Å². The average molecular weight is 387 g/mol. The molecule has 2 aromatic heterocycles. The first kappa shape index (κ1) is 18.0. The minimum atomic E-state index is -0.340. The Morgan fingerprint density at radius 3 is 2.75 bits per heavy atom. The van der Waals surface area contributed by atoms with Gasteiger partial charge in [0.15, 0.2) is 0 Å². The molecule has 28 heavy (non-hydrogen) atoms. The highest BCUT2D eigenvalue weighted by atomic mass is 32.2. The van der Waals surface area contributed by atoms with Crippen molar-refractivity contribution >= 4 is 40.8 Å². The number of carbonyl (C=O) groups is 1. The van der Waals surface area contributed by atoms with Gasteiger partial charge in [0.25, 0.3) is 0 Å². The first-order chi connectivity index (χ1) is 13.7. The molecule has 0 saturated carbocycles. The van der Waals surface area contributed by atoms with Crippen molar-refractivity contribution in [3.05, 3.63) is 83.8 Å². The van der Waals surface area contributed by atoms with Gasteiger partial charge in [-0.05, 0) is 54.6 Å². The van der Waals surface area contributed by atoms with Crippen LogP contribution in [-0.4, -0.2) is 28.3 Å². The van der Waals surface area contributed by atoms with Gasteiger partial charge in [0.2, 0.25) is 0 Å². The van der Waals surface area contributed by atoms with Gasteiger partial charge in [-0.2, -0.15) is 5.10 Å². The number of aromatic nitrogens is 3. The summed E-state index contributed by atoms with van der Waals surface area (Å²) in [6, 6.07) is 19.3. The second-order valence-corrected chi connectivity index (χ2v) is 7.11. The highest BCUT2D eigenvalue weighted by molar-refractivity contribution is 7.99. The average Bonchev–Trinajstić information content (AvgIpc) is 3.15. The molecule has 5 nitrogen and oxygen atoms in total. The van der Waals surface area contributed by atoms with E-state index in [-0.39, 0.29) is 5.97 Å². The Labute approximate surface area is 166 Å². The first-order valence-electron chi connectivity index (χ1n) is 8.67. The SMILES string of the molecule is COC(=O)c1ccccc1Sc1ccc2c(C=Cc3ccccn3)n[nH]c2c1. The predicted molar refractivity (Wildman–Crippen MR) is 111 cm³/mol. The van der Waals surface area contributed by atoms with Crippen molar-refractivity contribution < 1.29 is 9.53 Å². The molecule has 0 spiro atoms. The Balaban J connectivity index is 1.60. The van der Waals surface area contributed by atoms with E-state index in [2.05, 4.69) is 15.2 Å². The lowest BCUT2D eigenvalue weighted by atomic mass is 10.2. The van der Waals surface area contributed by atoms with E-state index < -0.39 is 0 Å². The maximum absolute atomic E-state index is 12.0. The van der Waals surface area contributed by atoms with Crippen LogP contribution in [0.4, 0.5) is 0 Å². The van der Waals surface area contributed by atoms with E-state index >= 15 is 0 Å². The fraction of sp³-hybridized carbons (Fsp3) is 0.0455. The Hall–Kier alpha value is -3.38. The number of H-pyrrole nitrogens is 1. The topological polar surface area (TPSA) is 67.9 Å². The van der Waals surface area contributed by atoms with Crippen LogP contribution in [0.5, 0.6) is 0 Å². The van der Waals surface area contributed by atoms with Gasteiger partial charge >= 0.3 is 5.97 Å². The number of fused-ring (bicyclic) bond motifs is 1. The molecule has 0 fully saturated rings. The zero-order valence-corrected chi connectivity index (χ0v) is 15.9. The fourth-order valence-electron chi connectivity index (χ4n) is 2.81. The van der Waals surface area contributed by atoms with E-state index in [4.69, 9.17) is 4.74 Å². The zero-order chi connectivity index (χ0) is 19.3. The van der Waals surface area contributed by atoms with Crippen molar-refractivity contribution in [3.8, 4) is 0 Å². The smallest absolute Gasteiger partial charge is 0.339 e. The van der Waals surface area contributed by atoms with Crippen molar-refractivity contribution in [2.75, 3.05) is 7.11 Å². The summed E-state index contributed by atoms with van der Waals surface area (Å²) in [5.41, 5.74) is 3.22. The molecule has 2 heterocycles. The van der Waals surface area contributed by atoms with E-state index in [9.17, 15) is 4.79 Å². The van der Waals surface area contributed by atoms with Crippen LogP contribution in [0.1, 0.15) is 21.7 Å². The highest BCUT2D eigenvalue weighted by Crippen LogP contribution is 2.33. The molecule has 2 aromatic carbocycles. The molecule has 0 amide bonds. The summed E-state index contributed by atoms with van der Waals surface area (Å²) in [4.78, 5) is 18.1. The molecule has 1 N–H and O–H groups in total. The lowest BCUT2D eigenvalue weighted by Gasteiger charge is -2.07. The zero-order valence-electron chi connectivity index (χ0n) is 15.1. The number of benzene rings is 2. The number of carbonyl (C=O) groups excluding carboxylic acids is 1. The predicted octanol–water partition coefficient (Wildman–Crippen LogP) is 5.07.